The van der Waals surface area contributed by atoms with Gasteiger partial charge >= 0.3 is 0 Å². The van der Waals surface area contributed by atoms with Crippen molar-refractivity contribution in [1.82, 2.24) is 4.90 Å². The topological polar surface area (TPSA) is 29.3 Å². The number of halogens is 2. The Morgan fingerprint density at radius 3 is 2.29 bits per heavy atom. The third-order valence-corrected chi connectivity index (χ3v) is 4.55. The quantitative estimate of drug-likeness (QED) is 0.727. The molecule has 1 unspecified atom stereocenters. The molecule has 120 valence electrons. The SMILES string of the molecule is CCC(CC)N(CC(C)C)C(CN)c1ccc(F)c(Br)c1. The Labute approximate surface area is 137 Å². The van der Waals surface area contributed by atoms with Crippen LogP contribution in [-0.2, 0) is 0 Å². The van der Waals surface area contributed by atoms with Gasteiger partial charge in [-0.3, -0.25) is 4.90 Å². The van der Waals surface area contributed by atoms with Gasteiger partial charge in [0.2, 0.25) is 0 Å². The second-order valence-electron chi connectivity index (χ2n) is 5.99. The summed E-state index contributed by atoms with van der Waals surface area (Å²) < 4.78 is 14.0. The van der Waals surface area contributed by atoms with Crippen LogP contribution in [0.3, 0.4) is 0 Å². The summed E-state index contributed by atoms with van der Waals surface area (Å²) in [5.74, 6) is 0.344. The molecule has 0 aromatic heterocycles. The van der Waals surface area contributed by atoms with E-state index < -0.39 is 0 Å². The summed E-state index contributed by atoms with van der Waals surface area (Å²) in [6.07, 6.45) is 2.20. The zero-order valence-corrected chi connectivity index (χ0v) is 15.2. The number of hydrogen-bond donors (Lipinski definition) is 1. The predicted octanol–water partition coefficient (Wildman–Crippen LogP) is 4.73. The number of hydrogen-bond acceptors (Lipinski definition) is 2. The summed E-state index contributed by atoms with van der Waals surface area (Å²) in [4.78, 5) is 2.49. The summed E-state index contributed by atoms with van der Waals surface area (Å²) in [6.45, 7) is 10.4. The van der Waals surface area contributed by atoms with Gasteiger partial charge in [-0.2, -0.15) is 0 Å². The van der Waals surface area contributed by atoms with E-state index >= 15 is 0 Å². The molecule has 0 aliphatic heterocycles. The van der Waals surface area contributed by atoms with Crippen molar-refractivity contribution in [3.8, 4) is 0 Å². The first kappa shape index (κ1) is 18.6. The van der Waals surface area contributed by atoms with E-state index in [2.05, 4.69) is 48.5 Å². The zero-order chi connectivity index (χ0) is 16.0. The first-order valence-corrected chi connectivity index (χ1v) is 8.64. The molecule has 0 fully saturated rings. The third-order valence-electron chi connectivity index (χ3n) is 3.94. The van der Waals surface area contributed by atoms with Gasteiger partial charge in [0.1, 0.15) is 5.82 Å². The van der Waals surface area contributed by atoms with Gasteiger partial charge in [0, 0.05) is 25.2 Å². The van der Waals surface area contributed by atoms with E-state index in [1.165, 1.54) is 6.07 Å². The Morgan fingerprint density at radius 2 is 1.86 bits per heavy atom. The minimum atomic E-state index is -0.229. The highest BCUT2D eigenvalue weighted by atomic mass is 79.9. The van der Waals surface area contributed by atoms with Gasteiger partial charge in [0.15, 0.2) is 0 Å². The highest BCUT2D eigenvalue weighted by molar-refractivity contribution is 9.10. The van der Waals surface area contributed by atoms with Crippen molar-refractivity contribution in [2.75, 3.05) is 13.1 Å². The third kappa shape index (κ3) is 5.04. The largest absolute Gasteiger partial charge is 0.329 e. The first-order valence-electron chi connectivity index (χ1n) is 7.85. The van der Waals surface area contributed by atoms with Crippen LogP contribution in [0.25, 0.3) is 0 Å². The number of nitrogens with zero attached hydrogens (tertiary/aromatic N) is 1. The van der Waals surface area contributed by atoms with Crippen LogP contribution in [0, 0.1) is 11.7 Å². The Balaban J connectivity index is 3.12. The van der Waals surface area contributed by atoms with Crippen molar-refractivity contribution in [3.05, 3.63) is 34.1 Å². The van der Waals surface area contributed by atoms with E-state index in [9.17, 15) is 4.39 Å². The molecule has 21 heavy (non-hydrogen) atoms. The molecule has 0 radical (unpaired) electrons. The van der Waals surface area contributed by atoms with Crippen LogP contribution in [0.2, 0.25) is 0 Å². The van der Waals surface area contributed by atoms with Crippen LogP contribution in [0.1, 0.15) is 52.1 Å². The average molecular weight is 359 g/mol. The lowest BCUT2D eigenvalue weighted by molar-refractivity contribution is 0.112. The maximum Gasteiger partial charge on any atom is 0.137 e. The van der Waals surface area contributed by atoms with Crippen molar-refractivity contribution in [2.24, 2.45) is 11.7 Å². The molecule has 0 bridgehead atoms. The zero-order valence-electron chi connectivity index (χ0n) is 13.6. The van der Waals surface area contributed by atoms with Crippen LogP contribution < -0.4 is 5.73 Å². The Kier molecular flexibility index (Phi) is 7.85. The monoisotopic (exact) mass is 358 g/mol. The molecule has 1 atom stereocenters. The number of rotatable bonds is 8. The lowest BCUT2D eigenvalue weighted by Crippen LogP contribution is -2.43. The molecule has 0 amide bonds. The van der Waals surface area contributed by atoms with E-state index in [1.54, 1.807) is 0 Å². The van der Waals surface area contributed by atoms with Gasteiger partial charge < -0.3 is 5.73 Å². The van der Waals surface area contributed by atoms with Gasteiger partial charge in [-0.25, -0.2) is 4.39 Å². The molecule has 1 rings (SSSR count). The van der Waals surface area contributed by atoms with Crippen LogP contribution in [0.4, 0.5) is 4.39 Å². The summed E-state index contributed by atoms with van der Waals surface area (Å²) >= 11 is 3.28. The lowest BCUT2D eigenvalue weighted by atomic mass is 9.99. The second-order valence-corrected chi connectivity index (χ2v) is 6.84. The van der Waals surface area contributed by atoms with Gasteiger partial charge in [-0.15, -0.1) is 0 Å². The first-order chi connectivity index (χ1) is 9.94. The standard InChI is InChI=1S/C17H28BrFN2/c1-5-14(6-2)21(11-12(3)4)17(10-20)13-7-8-16(19)15(18)9-13/h7-9,12,14,17H,5-6,10-11,20H2,1-4H3. The van der Waals surface area contributed by atoms with Crippen molar-refractivity contribution in [1.29, 1.82) is 0 Å². The molecule has 0 saturated heterocycles. The maximum atomic E-state index is 13.5. The molecule has 1 aromatic rings. The van der Waals surface area contributed by atoms with Crippen LogP contribution >= 0.6 is 15.9 Å². The summed E-state index contributed by atoms with van der Waals surface area (Å²) in [6, 6.07) is 5.87. The fraction of sp³-hybridized carbons (Fsp3) is 0.647. The highest BCUT2D eigenvalue weighted by Crippen LogP contribution is 2.28. The van der Waals surface area contributed by atoms with E-state index in [4.69, 9.17) is 5.73 Å². The Bertz CT molecular complexity index is 433. The molecule has 0 heterocycles. The Morgan fingerprint density at radius 1 is 1.24 bits per heavy atom. The van der Waals surface area contributed by atoms with E-state index in [-0.39, 0.29) is 11.9 Å². The average Bonchev–Trinajstić information content (AvgIpc) is 2.44. The fourth-order valence-corrected chi connectivity index (χ4v) is 3.29. The van der Waals surface area contributed by atoms with Crippen LogP contribution in [-0.4, -0.2) is 24.0 Å². The minimum absolute atomic E-state index is 0.134. The normalized spacial score (nSPS) is 13.4. The molecule has 0 saturated carbocycles. The van der Waals surface area contributed by atoms with Gasteiger partial charge in [-0.1, -0.05) is 33.8 Å². The minimum Gasteiger partial charge on any atom is -0.329 e. The lowest BCUT2D eigenvalue weighted by Gasteiger charge is -2.38. The van der Waals surface area contributed by atoms with E-state index in [0.717, 1.165) is 24.9 Å². The molecule has 0 aliphatic carbocycles. The van der Waals surface area contributed by atoms with Gasteiger partial charge in [0.05, 0.1) is 4.47 Å². The highest BCUT2D eigenvalue weighted by Gasteiger charge is 2.25. The Hall–Kier alpha value is -0.450. The van der Waals surface area contributed by atoms with Crippen LogP contribution in [0.15, 0.2) is 22.7 Å². The van der Waals surface area contributed by atoms with Crippen molar-refractivity contribution in [2.45, 2.75) is 52.6 Å². The van der Waals surface area contributed by atoms with Crippen molar-refractivity contribution >= 4 is 15.9 Å². The number of nitrogens with two attached hydrogens (primary N) is 1. The molecule has 0 aliphatic rings. The van der Waals surface area contributed by atoms with E-state index in [1.807, 2.05) is 12.1 Å². The number of benzene rings is 1. The van der Waals surface area contributed by atoms with E-state index in [0.29, 0.717) is 23.0 Å². The molecular formula is C17H28BrFN2. The second kappa shape index (κ2) is 8.86. The van der Waals surface area contributed by atoms with Crippen molar-refractivity contribution < 1.29 is 4.39 Å². The molecule has 1 aromatic carbocycles. The fourth-order valence-electron chi connectivity index (χ4n) is 2.89. The molecule has 2 nitrogen and oxygen atoms in total. The molecule has 4 heteroatoms. The smallest absolute Gasteiger partial charge is 0.137 e. The van der Waals surface area contributed by atoms with Gasteiger partial charge in [0.25, 0.3) is 0 Å². The molecule has 2 N–H and O–H groups in total. The van der Waals surface area contributed by atoms with Crippen LogP contribution in [0.5, 0.6) is 0 Å². The summed E-state index contributed by atoms with van der Waals surface area (Å²) in [5, 5.41) is 0. The molecular weight excluding hydrogens is 331 g/mol. The predicted molar refractivity (Wildman–Crippen MR) is 91.8 cm³/mol. The van der Waals surface area contributed by atoms with Gasteiger partial charge in [-0.05, 0) is 52.4 Å². The van der Waals surface area contributed by atoms with Crippen molar-refractivity contribution in [3.63, 3.8) is 0 Å². The summed E-state index contributed by atoms with van der Waals surface area (Å²) in [7, 11) is 0. The molecule has 0 spiro atoms. The maximum absolute atomic E-state index is 13.5. The summed E-state index contributed by atoms with van der Waals surface area (Å²) in [5.41, 5.74) is 7.15.